The van der Waals surface area contributed by atoms with Crippen molar-refractivity contribution in [2.45, 2.75) is 18.3 Å². The zero-order valence-electron chi connectivity index (χ0n) is 39.1. The van der Waals surface area contributed by atoms with Crippen LogP contribution in [0.15, 0.2) is 255 Å². The third-order valence-electron chi connectivity index (χ3n) is 15.2. The van der Waals surface area contributed by atoms with E-state index in [1.165, 1.54) is 72.1 Å². The normalized spacial score (nSPS) is 14.8. The molecule has 0 amide bonds. The molecule has 0 N–H and O–H groups in total. The van der Waals surface area contributed by atoms with Crippen molar-refractivity contribution in [3.8, 4) is 67.1 Å². The number of nitrogens with zero attached hydrogens (tertiary/aromatic N) is 1. The maximum absolute atomic E-state index is 7.33. The summed E-state index contributed by atoms with van der Waals surface area (Å²) in [6.45, 7) is 0. The number of anilines is 3. The van der Waals surface area contributed by atoms with Crippen LogP contribution < -0.4 is 9.64 Å². The second-order valence-corrected chi connectivity index (χ2v) is 19.0. The second-order valence-electron chi connectivity index (χ2n) is 19.0. The molecular formula is C69H47NO. The van der Waals surface area contributed by atoms with E-state index in [4.69, 9.17) is 4.74 Å². The summed E-state index contributed by atoms with van der Waals surface area (Å²) in [5.74, 6) is 1.91. The minimum Gasteiger partial charge on any atom is -0.455 e. The molecule has 1 unspecified atom stereocenters. The van der Waals surface area contributed by atoms with Crippen LogP contribution in [0.4, 0.5) is 17.1 Å². The first-order valence-electron chi connectivity index (χ1n) is 24.8. The Morgan fingerprint density at radius 2 is 0.944 bits per heavy atom. The van der Waals surface area contributed by atoms with Crippen molar-refractivity contribution in [1.29, 1.82) is 0 Å². The molecule has 0 radical (unpaired) electrons. The van der Waals surface area contributed by atoms with Crippen molar-refractivity contribution in [1.82, 2.24) is 0 Å². The number of benzene rings is 11. The Labute approximate surface area is 415 Å². The quantitative estimate of drug-likeness (QED) is 0.158. The molecule has 0 saturated carbocycles. The highest BCUT2D eigenvalue weighted by molar-refractivity contribution is 5.98. The van der Waals surface area contributed by atoms with Gasteiger partial charge in [0.15, 0.2) is 0 Å². The molecule has 11 aromatic rings. The number of ether oxygens (including phenoxy) is 1. The highest BCUT2D eigenvalue weighted by atomic mass is 16.5. The average molecular weight is 906 g/mol. The van der Waals surface area contributed by atoms with Gasteiger partial charge in [0.25, 0.3) is 0 Å². The number of rotatable bonds is 7. The molecule has 0 fully saturated rings. The summed E-state index contributed by atoms with van der Waals surface area (Å²) in [5, 5.41) is 2.30. The fourth-order valence-electron chi connectivity index (χ4n) is 11.9. The minimum atomic E-state index is -0.647. The molecule has 0 saturated heterocycles. The first kappa shape index (κ1) is 41.0. The molecule has 334 valence electrons. The topological polar surface area (TPSA) is 12.5 Å². The summed E-state index contributed by atoms with van der Waals surface area (Å²) in [6, 6.07) is 91.6. The second kappa shape index (κ2) is 16.6. The summed E-state index contributed by atoms with van der Waals surface area (Å²) in [6.07, 6.45) is 6.64. The molecule has 1 heterocycles. The average Bonchev–Trinajstić information content (AvgIpc) is 3.73. The zero-order valence-corrected chi connectivity index (χ0v) is 39.1. The van der Waals surface area contributed by atoms with Gasteiger partial charge < -0.3 is 9.64 Å². The van der Waals surface area contributed by atoms with Crippen molar-refractivity contribution in [2.24, 2.45) is 0 Å². The predicted molar refractivity (Wildman–Crippen MR) is 295 cm³/mol. The fraction of sp³-hybridized carbons (Fsp3) is 0.0435. The van der Waals surface area contributed by atoms with Crippen LogP contribution >= 0.6 is 0 Å². The molecule has 71 heavy (non-hydrogen) atoms. The lowest BCUT2D eigenvalue weighted by Gasteiger charge is -2.41. The maximum Gasteiger partial charge on any atom is 0.140 e. The Hall–Kier alpha value is -8.98. The lowest BCUT2D eigenvalue weighted by molar-refractivity contribution is 0.439. The highest BCUT2D eigenvalue weighted by Gasteiger charge is 2.52. The van der Waals surface area contributed by atoms with Crippen molar-refractivity contribution in [2.75, 3.05) is 4.90 Å². The van der Waals surface area contributed by atoms with E-state index in [-0.39, 0.29) is 0 Å². The van der Waals surface area contributed by atoms with E-state index in [1.807, 2.05) is 0 Å². The van der Waals surface area contributed by atoms with Gasteiger partial charge in [0, 0.05) is 39.0 Å². The van der Waals surface area contributed by atoms with Gasteiger partial charge in [-0.25, -0.2) is 0 Å². The van der Waals surface area contributed by atoms with Gasteiger partial charge in [0.05, 0.1) is 11.1 Å². The molecule has 2 aliphatic carbocycles. The SMILES string of the molecule is C1=Cc2c(ccc3c2Oc2c(ccc4ccccc24)C32c3ccccc3-c3ccc(-c4ccccc4N(c4ccc(-c5ccccc5)cc4)c4cc(-c5ccccc5)cc(-c5ccccc5)c4)cc32)CC1. The van der Waals surface area contributed by atoms with Crippen LogP contribution in [0.5, 0.6) is 11.5 Å². The van der Waals surface area contributed by atoms with Crippen molar-refractivity contribution >= 4 is 33.9 Å². The monoisotopic (exact) mass is 905 g/mol. The van der Waals surface area contributed by atoms with E-state index in [9.17, 15) is 0 Å². The molecule has 0 bridgehead atoms. The number of aryl methyl sites for hydroxylation is 1. The largest absolute Gasteiger partial charge is 0.455 e. The van der Waals surface area contributed by atoms with Gasteiger partial charge >= 0.3 is 0 Å². The number of hydrogen-bond donors (Lipinski definition) is 0. The molecule has 1 atom stereocenters. The fourth-order valence-corrected chi connectivity index (χ4v) is 11.9. The van der Waals surface area contributed by atoms with E-state index < -0.39 is 5.41 Å². The smallest absolute Gasteiger partial charge is 0.140 e. The number of para-hydroxylation sites is 1. The third-order valence-corrected chi connectivity index (χ3v) is 15.2. The molecule has 1 aliphatic heterocycles. The van der Waals surface area contributed by atoms with Crippen molar-refractivity contribution in [3.05, 3.63) is 288 Å². The molecule has 1 spiro atoms. The van der Waals surface area contributed by atoms with Gasteiger partial charge in [-0.15, -0.1) is 0 Å². The Morgan fingerprint density at radius 3 is 1.69 bits per heavy atom. The third kappa shape index (κ3) is 6.56. The lowest BCUT2D eigenvalue weighted by Crippen LogP contribution is -2.33. The van der Waals surface area contributed by atoms with Gasteiger partial charge in [-0.2, -0.15) is 0 Å². The van der Waals surface area contributed by atoms with E-state index in [0.717, 1.165) is 69.0 Å². The van der Waals surface area contributed by atoms with Crippen LogP contribution in [-0.2, 0) is 11.8 Å². The standard InChI is InChI=1S/C69H47NO/c1-4-18-46(19-5-1)49-32-37-55(38-33-49)70(56-43-53(47-20-6-2-7-21-47)42-54(44-56)48-22-8-3-9-23-48)66-31-17-15-26-57(66)52-34-39-61-60-29-14-16-30-62(60)69(65(61)45-52)63-40-35-50-24-10-12-27-58(50)67(63)71-68-59-28-13-11-25-51(59)36-41-64(68)69/h1-10,12-24,26-45H,11,25H2. The molecule has 2 nitrogen and oxygen atoms in total. The Morgan fingerprint density at radius 1 is 0.366 bits per heavy atom. The zero-order chi connectivity index (χ0) is 46.9. The number of fused-ring (bicyclic) bond motifs is 13. The summed E-state index contributed by atoms with van der Waals surface area (Å²) in [5.41, 5.74) is 21.8. The van der Waals surface area contributed by atoms with Gasteiger partial charge in [0.1, 0.15) is 11.5 Å². The van der Waals surface area contributed by atoms with Crippen LogP contribution in [0.3, 0.4) is 0 Å². The van der Waals surface area contributed by atoms with Crippen LogP contribution in [0.1, 0.15) is 39.8 Å². The summed E-state index contributed by atoms with van der Waals surface area (Å²) < 4.78 is 7.33. The lowest BCUT2D eigenvalue weighted by atomic mass is 9.64. The van der Waals surface area contributed by atoms with Crippen molar-refractivity contribution in [3.63, 3.8) is 0 Å². The minimum absolute atomic E-state index is 0.647. The van der Waals surface area contributed by atoms with E-state index in [2.05, 4.69) is 266 Å². The van der Waals surface area contributed by atoms with E-state index in [0.29, 0.717) is 0 Å². The Balaban J connectivity index is 1.02. The molecule has 3 aliphatic rings. The molecule has 2 heteroatoms. The molecule has 11 aromatic carbocycles. The predicted octanol–water partition coefficient (Wildman–Crippen LogP) is 18.4. The first-order valence-corrected chi connectivity index (χ1v) is 24.8. The molecule has 0 aromatic heterocycles. The molecular weight excluding hydrogens is 859 g/mol. The highest BCUT2D eigenvalue weighted by Crippen LogP contribution is 2.64. The van der Waals surface area contributed by atoms with Gasteiger partial charge in [-0.05, 0) is 127 Å². The first-order chi connectivity index (χ1) is 35.2. The van der Waals surface area contributed by atoms with E-state index in [1.54, 1.807) is 0 Å². The van der Waals surface area contributed by atoms with Crippen molar-refractivity contribution < 1.29 is 4.74 Å². The number of allylic oxidation sites excluding steroid dienone is 1. The summed E-state index contributed by atoms with van der Waals surface area (Å²) >= 11 is 0. The van der Waals surface area contributed by atoms with E-state index >= 15 is 0 Å². The molecule has 14 rings (SSSR count). The van der Waals surface area contributed by atoms with Crippen LogP contribution in [0.25, 0.3) is 72.5 Å². The Kier molecular flexibility index (Phi) is 9.60. The Bertz CT molecular complexity index is 3830. The summed E-state index contributed by atoms with van der Waals surface area (Å²) in [7, 11) is 0. The van der Waals surface area contributed by atoms with Crippen LogP contribution in [0.2, 0.25) is 0 Å². The van der Waals surface area contributed by atoms with Gasteiger partial charge in [-0.3, -0.25) is 0 Å². The van der Waals surface area contributed by atoms with Gasteiger partial charge in [-0.1, -0.05) is 218 Å². The number of hydrogen-bond acceptors (Lipinski definition) is 2. The maximum atomic E-state index is 7.33. The van der Waals surface area contributed by atoms with Crippen LogP contribution in [-0.4, -0.2) is 0 Å². The van der Waals surface area contributed by atoms with Gasteiger partial charge in [0.2, 0.25) is 0 Å². The summed E-state index contributed by atoms with van der Waals surface area (Å²) in [4.78, 5) is 2.46. The van der Waals surface area contributed by atoms with Crippen LogP contribution in [0, 0.1) is 0 Å².